The van der Waals surface area contributed by atoms with Crippen LogP contribution in [0.3, 0.4) is 0 Å². The number of nitrogens with two attached hydrogens (primary N) is 1. The summed E-state index contributed by atoms with van der Waals surface area (Å²) in [6.45, 7) is 2.49. The number of rotatable bonds is 6. The first kappa shape index (κ1) is 22.1. The Labute approximate surface area is 203 Å². The lowest BCUT2D eigenvalue weighted by Gasteiger charge is -2.24. The van der Waals surface area contributed by atoms with Gasteiger partial charge in [0.15, 0.2) is 0 Å². The molecule has 0 spiro atoms. The van der Waals surface area contributed by atoms with E-state index in [1.165, 1.54) is 5.56 Å². The maximum Gasteiger partial charge on any atom is 0.244 e. The van der Waals surface area contributed by atoms with E-state index in [2.05, 4.69) is 35.3 Å². The van der Waals surface area contributed by atoms with Crippen molar-refractivity contribution in [2.75, 3.05) is 7.11 Å². The lowest BCUT2D eigenvalue weighted by molar-refractivity contribution is 0.305. The predicted molar refractivity (Wildman–Crippen MR) is 132 cm³/mol. The van der Waals surface area contributed by atoms with Crippen molar-refractivity contribution in [1.29, 1.82) is 5.26 Å². The summed E-state index contributed by atoms with van der Waals surface area (Å²) >= 11 is 0. The fourth-order valence-electron chi connectivity index (χ4n) is 4.31. The van der Waals surface area contributed by atoms with Gasteiger partial charge in [0, 0.05) is 5.56 Å². The highest BCUT2D eigenvalue weighted by Crippen LogP contribution is 2.46. The molecule has 0 amide bonds. The number of H-pyrrole nitrogens is 1. The van der Waals surface area contributed by atoms with Crippen molar-refractivity contribution in [2.24, 2.45) is 5.73 Å². The summed E-state index contributed by atoms with van der Waals surface area (Å²) in [4.78, 5) is 0. The number of methoxy groups -OCH3 is 1. The monoisotopic (exact) mass is 464 g/mol. The number of hydrogen-bond donors (Lipinski definition) is 2. The molecule has 5 rings (SSSR count). The lowest BCUT2D eigenvalue weighted by Crippen LogP contribution is -2.21. The zero-order chi connectivity index (χ0) is 24.4. The molecule has 0 fully saturated rings. The van der Waals surface area contributed by atoms with Gasteiger partial charge in [-0.15, -0.1) is 5.10 Å². The fourth-order valence-corrected chi connectivity index (χ4v) is 4.31. The molecule has 1 aromatic heterocycles. The molecule has 2 heterocycles. The third-order valence-electron chi connectivity index (χ3n) is 6.00. The molecule has 4 aromatic rings. The Morgan fingerprint density at radius 3 is 2.60 bits per heavy atom. The van der Waals surface area contributed by atoms with Gasteiger partial charge in [0.2, 0.25) is 11.8 Å². The molecule has 1 aliphatic rings. The SMILES string of the molecule is COc1ccc(-c2[nH]nc3c2C(c2cccc(OCc4cccc(C)c4)c2)C(C#N)=C(N)O3)cc1. The number of hydrogen-bond acceptors (Lipinski definition) is 6. The van der Waals surface area contributed by atoms with Crippen LogP contribution in [0.4, 0.5) is 0 Å². The van der Waals surface area contributed by atoms with Gasteiger partial charge in [-0.25, -0.2) is 0 Å². The molecule has 174 valence electrons. The van der Waals surface area contributed by atoms with Crippen LogP contribution in [-0.2, 0) is 6.61 Å². The van der Waals surface area contributed by atoms with Crippen LogP contribution in [0, 0.1) is 18.3 Å². The van der Waals surface area contributed by atoms with E-state index in [1.807, 2.05) is 60.7 Å². The number of allylic oxidation sites excluding steroid dienone is 1. The highest BCUT2D eigenvalue weighted by molar-refractivity contribution is 5.71. The van der Waals surface area contributed by atoms with Gasteiger partial charge in [-0.05, 0) is 54.4 Å². The van der Waals surface area contributed by atoms with E-state index in [0.717, 1.165) is 33.7 Å². The van der Waals surface area contributed by atoms with Crippen LogP contribution in [0.2, 0.25) is 0 Å². The molecule has 1 atom stereocenters. The molecular weight excluding hydrogens is 440 g/mol. The summed E-state index contributed by atoms with van der Waals surface area (Å²) in [5.41, 5.74) is 12.0. The minimum atomic E-state index is -0.470. The number of nitrogens with zero attached hydrogens (tertiary/aromatic N) is 2. The quantitative estimate of drug-likeness (QED) is 0.407. The normalized spacial score (nSPS) is 14.6. The maximum absolute atomic E-state index is 9.99. The van der Waals surface area contributed by atoms with E-state index in [9.17, 15) is 5.26 Å². The van der Waals surface area contributed by atoms with Crippen LogP contribution in [-0.4, -0.2) is 17.3 Å². The van der Waals surface area contributed by atoms with Gasteiger partial charge in [-0.2, -0.15) is 5.26 Å². The van der Waals surface area contributed by atoms with Crippen LogP contribution in [0.5, 0.6) is 17.4 Å². The van der Waals surface area contributed by atoms with Gasteiger partial charge in [0.25, 0.3) is 0 Å². The number of aryl methyl sites for hydroxylation is 1. The Kier molecular flexibility index (Phi) is 5.86. The van der Waals surface area contributed by atoms with Crippen molar-refractivity contribution >= 4 is 0 Å². The summed E-state index contributed by atoms with van der Waals surface area (Å²) in [5.74, 6) is 1.37. The number of fused-ring (bicyclic) bond motifs is 1. The molecule has 1 aliphatic heterocycles. The molecule has 0 saturated heterocycles. The van der Waals surface area contributed by atoms with Gasteiger partial charge in [0.05, 0.1) is 24.3 Å². The van der Waals surface area contributed by atoms with Gasteiger partial charge in [-0.1, -0.05) is 42.0 Å². The van der Waals surface area contributed by atoms with Gasteiger partial charge in [-0.3, -0.25) is 5.10 Å². The molecule has 3 N–H and O–H groups in total. The zero-order valence-electron chi connectivity index (χ0n) is 19.4. The molecule has 35 heavy (non-hydrogen) atoms. The number of nitriles is 1. The molecular formula is C28H24N4O3. The zero-order valence-corrected chi connectivity index (χ0v) is 19.4. The smallest absolute Gasteiger partial charge is 0.244 e. The first-order valence-corrected chi connectivity index (χ1v) is 11.2. The van der Waals surface area contributed by atoms with E-state index in [-0.39, 0.29) is 5.88 Å². The topological polar surface area (TPSA) is 106 Å². The second kappa shape index (κ2) is 9.27. The highest BCUT2D eigenvalue weighted by Gasteiger charge is 2.35. The van der Waals surface area contributed by atoms with Crippen molar-refractivity contribution in [1.82, 2.24) is 10.2 Å². The average Bonchev–Trinajstić information content (AvgIpc) is 3.30. The van der Waals surface area contributed by atoms with Crippen LogP contribution < -0.4 is 19.9 Å². The fraction of sp³-hybridized carbons (Fsp3) is 0.143. The van der Waals surface area contributed by atoms with Gasteiger partial charge in [0.1, 0.15) is 29.7 Å². The molecule has 3 aromatic carbocycles. The summed E-state index contributed by atoms with van der Waals surface area (Å²) in [6.07, 6.45) is 0. The Morgan fingerprint density at radius 2 is 1.86 bits per heavy atom. The van der Waals surface area contributed by atoms with E-state index < -0.39 is 5.92 Å². The van der Waals surface area contributed by atoms with Gasteiger partial charge >= 0.3 is 0 Å². The predicted octanol–water partition coefficient (Wildman–Crippen LogP) is 5.19. The van der Waals surface area contributed by atoms with E-state index in [4.69, 9.17) is 19.9 Å². The standard InChI is InChI=1S/C28H24N4O3/c1-17-5-3-6-18(13-17)16-34-22-8-4-7-20(14-22)24-23(15-29)27(30)35-28-25(24)26(31-32-28)19-9-11-21(33-2)12-10-19/h3-14,24H,16,30H2,1-2H3,(H,31,32). The number of aromatic amines is 1. The number of nitrogens with one attached hydrogen (secondary N) is 1. The van der Waals surface area contributed by atoms with Crippen molar-refractivity contribution in [3.63, 3.8) is 0 Å². The van der Waals surface area contributed by atoms with Crippen molar-refractivity contribution in [3.8, 4) is 34.7 Å². The first-order chi connectivity index (χ1) is 17.1. The van der Waals surface area contributed by atoms with Crippen LogP contribution in [0.15, 0.2) is 84.3 Å². The Bertz CT molecular complexity index is 1450. The third kappa shape index (κ3) is 4.30. The Balaban J connectivity index is 1.53. The second-order valence-corrected chi connectivity index (χ2v) is 8.32. The first-order valence-electron chi connectivity index (χ1n) is 11.2. The maximum atomic E-state index is 9.99. The van der Waals surface area contributed by atoms with Crippen LogP contribution in [0.1, 0.15) is 28.2 Å². The molecule has 1 unspecified atom stereocenters. The Morgan fingerprint density at radius 1 is 1.06 bits per heavy atom. The molecule has 7 nitrogen and oxygen atoms in total. The van der Waals surface area contributed by atoms with Crippen LogP contribution in [0.25, 0.3) is 11.3 Å². The van der Waals surface area contributed by atoms with Crippen molar-refractivity contribution in [2.45, 2.75) is 19.4 Å². The molecule has 0 bridgehead atoms. The minimum Gasteiger partial charge on any atom is -0.497 e. The molecule has 7 heteroatoms. The number of benzene rings is 3. The van der Waals surface area contributed by atoms with E-state index in [0.29, 0.717) is 23.8 Å². The lowest BCUT2D eigenvalue weighted by atomic mass is 9.83. The van der Waals surface area contributed by atoms with Crippen LogP contribution >= 0.6 is 0 Å². The Hall–Kier alpha value is -4.70. The van der Waals surface area contributed by atoms with Crippen molar-refractivity contribution < 1.29 is 14.2 Å². The largest absolute Gasteiger partial charge is 0.497 e. The molecule has 0 radical (unpaired) electrons. The number of aromatic nitrogens is 2. The molecule has 0 saturated carbocycles. The third-order valence-corrected chi connectivity index (χ3v) is 6.00. The van der Waals surface area contributed by atoms with E-state index >= 15 is 0 Å². The average molecular weight is 465 g/mol. The number of ether oxygens (including phenoxy) is 3. The summed E-state index contributed by atoms with van der Waals surface area (Å²) in [7, 11) is 1.62. The second-order valence-electron chi connectivity index (χ2n) is 8.32. The summed E-state index contributed by atoms with van der Waals surface area (Å²) < 4.78 is 17.1. The summed E-state index contributed by atoms with van der Waals surface area (Å²) in [6, 6.07) is 25.7. The molecule has 0 aliphatic carbocycles. The van der Waals surface area contributed by atoms with Crippen molar-refractivity contribution in [3.05, 3.63) is 107 Å². The van der Waals surface area contributed by atoms with E-state index in [1.54, 1.807) is 7.11 Å². The summed E-state index contributed by atoms with van der Waals surface area (Å²) in [5, 5.41) is 17.4. The van der Waals surface area contributed by atoms with Gasteiger partial charge < -0.3 is 19.9 Å². The minimum absolute atomic E-state index is 0.0452. The highest BCUT2D eigenvalue weighted by atomic mass is 16.5.